The molecule has 0 aromatic rings. The second kappa shape index (κ2) is 8.86. The van der Waals surface area contributed by atoms with E-state index >= 15 is 0 Å². The normalized spacial score (nSPS) is 22.0. The van der Waals surface area contributed by atoms with E-state index in [1.165, 1.54) is 19.3 Å². The lowest BCUT2D eigenvalue weighted by atomic mass is 10.1. The van der Waals surface area contributed by atoms with E-state index in [2.05, 4.69) is 23.6 Å². The summed E-state index contributed by atoms with van der Waals surface area (Å²) in [6.45, 7) is 10.1. The number of hydrogen-bond acceptors (Lipinski definition) is 4. The fraction of sp³-hybridized carbons (Fsp3) is 1.00. The Labute approximate surface area is 112 Å². The summed E-state index contributed by atoms with van der Waals surface area (Å²) in [6, 6.07) is 0.751. The number of piperazine rings is 1. The van der Waals surface area contributed by atoms with Crippen LogP contribution in [0.25, 0.3) is 0 Å². The first-order chi connectivity index (χ1) is 8.71. The van der Waals surface area contributed by atoms with Crippen molar-refractivity contribution in [3.63, 3.8) is 0 Å². The molecule has 2 unspecified atom stereocenters. The molecule has 0 aromatic carbocycles. The maximum atomic E-state index is 9.73. The number of aliphatic hydroxyl groups excluding tert-OH is 1. The van der Waals surface area contributed by atoms with Gasteiger partial charge >= 0.3 is 0 Å². The van der Waals surface area contributed by atoms with E-state index in [1.54, 1.807) is 7.11 Å². The van der Waals surface area contributed by atoms with Crippen molar-refractivity contribution < 1.29 is 9.84 Å². The molecule has 4 heteroatoms. The zero-order valence-electron chi connectivity index (χ0n) is 12.3. The van der Waals surface area contributed by atoms with E-state index in [0.717, 1.165) is 38.8 Å². The molecule has 1 heterocycles. The molecule has 4 nitrogen and oxygen atoms in total. The molecule has 18 heavy (non-hydrogen) atoms. The minimum absolute atomic E-state index is 0.348. The average Bonchev–Trinajstić information content (AvgIpc) is 2.37. The number of rotatable bonds is 8. The fourth-order valence-electron chi connectivity index (χ4n) is 2.83. The molecule has 1 saturated heterocycles. The molecule has 1 N–H and O–H groups in total. The summed E-state index contributed by atoms with van der Waals surface area (Å²) < 4.78 is 4.97. The molecule has 0 amide bonds. The van der Waals surface area contributed by atoms with Gasteiger partial charge in [-0.25, -0.2) is 0 Å². The number of β-amino-alcohol motifs (C(OH)–C–C–N with tert-alkyl or cyclic N) is 1. The van der Waals surface area contributed by atoms with Crippen LogP contribution in [-0.4, -0.2) is 73.5 Å². The Hall–Kier alpha value is -0.160. The zero-order valence-corrected chi connectivity index (χ0v) is 12.3. The first-order valence-corrected chi connectivity index (χ1v) is 7.34. The lowest BCUT2D eigenvalue weighted by Gasteiger charge is -2.39. The Morgan fingerprint density at radius 2 is 1.83 bits per heavy atom. The number of nitrogens with zero attached hydrogens (tertiary/aromatic N) is 2. The van der Waals surface area contributed by atoms with Gasteiger partial charge in [0.2, 0.25) is 0 Å². The van der Waals surface area contributed by atoms with Crippen LogP contribution in [0.4, 0.5) is 0 Å². The van der Waals surface area contributed by atoms with Crippen molar-refractivity contribution in [1.82, 2.24) is 9.80 Å². The molecule has 0 radical (unpaired) electrons. The van der Waals surface area contributed by atoms with Crippen molar-refractivity contribution in [3.05, 3.63) is 0 Å². The van der Waals surface area contributed by atoms with E-state index in [4.69, 9.17) is 4.74 Å². The number of methoxy groups -OCH3 is 1. The van der Waals surface area contributed by atoms with Crippen molar-refractivity contribution in [2.24, 2.45) is 0 Å². The Morgan fingerprint density at radius 3 is 2.33 bits per heavy atom. The van der Waals surface area contributed by atoms with Crippen LogP contribution >= 0.6 is 0 Å². The maximum absolute atomic E-state index is 9.73. The highest BCUT2D eigenvalue weighted by Crippen LogP contribution is 2.14. The van der Waals surface area contributed by atoms with Gasteiger partial charge in [-0.1, -0.05) is 20.3 Å². The standard InChI is InChI=1S/C14H30N2O2/c1-4-6-13(5-2)16-9-7-15(8-10-16)11-14(17)12-18-3/h13-14,17H,4-12H2,1-3H3. The topological polar surface area (TPSA) is 35.9 Å². The third-order valence-corrected chi connectivity index (χ3v) is 3.84. The zero-order chi connectivity index (χ0) is 13.4. The van der Waals surface area contributed by atoms with Gasteiger partial charge < -0.3 is 9.84 Å². The summed E-state index contributed by atoms with van der Waals surface area (Å²) in [5.74, 6) is 0. The Balaban J connectivity index is 2.27. The molecule has 0 saturated carbocycles. The van der Waals surface area contributed by atoms with Gasteiger partial charge in [0.15, 0.2) is 0 Å². The fourth-order valence-corrected chi connectivity index (χ4v) is 2.83. The van der Waals surface area contributed by atoms with Gasteiger partial charge in [-0.3, -0.25) is 9.80 Å². The van der Waals surface area contributed by atoms with E-state index in [0.29, 0.717) is 6.61 Å². The van der Waals surface area contributed by atoms with Gasteiger partial charge in [0.05, 0.1) is 12.7 Å². The molecule has 108 valence electrons. The summed E-state index contributed by atoms with van der Waals surface area (Å²) in [5, 5.41) is 9.73. The Kier molecular flexibility index (Phi) is 7.82. The molecular formula is C14H30N2O2. The predicted molar refractivity (Wildman–Crippen MR) is 74.9 cm³/mol. The number of aliphatic hydroxyl groups is 1. The second-order valence-electron chi connectivity index (χ2n) is 5.30. The highest BCUT2D eigenvalue weighted by Gasteiger charge is 2.23. The van der Waals surface area contributed by atoms with Gasteiger partial charge in [0, 0.05) is 45.9 Å². The molecule has 1 rings (SSSR count). The van der Waals surface area contributed by atoms with E-state index in [1.807, 2.05) is 0 Å². The van der Waals surface area contributed by atoms with Crippen LogP contribution in [0.15, 0.2) is 0 Å². The van der Waals surface area contributed by atoms with Crippen molar-refractivity contribution in [1.29, 1.82) is 0 Å². The van der Waals surface area contributed by atoms with Crippen LogP contribution in [-0.2, 0) is 4.74 Å². The highest BCUT2D eigenvalue weighted by molar-refractivity contribution is 4.78. The summed E-state index contributed by atoms with van der Waals surface area (Å²) in [7, 11) is 1.64. The first-order valence-electron chi connectivity index (χ1n) is 7.34. The molecular weight excluding hydrogens is 228 g/mol. The van der Waals surface area contributed by atoms with Crippen molar-refractivity contribution in [3.8, 4) is 0 Å². The van der Waals surface area contributed by atoms with Crippen LogP contribution in [0.2, 0.25) is 0 Å². The maximum Gasteiger partial charge on any atom is 0.0900 e. The number of hydrogen-bond donors (Lipinski definition) is 1. The molecule has 0 aliphatic carbocycles. The van der Waals surface area contributed by atoms with Crippen molar-refractivity contribution in [2.45, 2.75) is 45.3 Å². The summed E-state index contributed by atoms with van der Waals surface area (Å²) in [6.07, 6.45) is 3.48. The largest absolute Gasteiger partial charge is 0.389 e. The van der Waals surface area contributed by atoms with Gasteiger partial charge in [0.1, 0.15) is 0 Å². The van der Waals surface area contributed by atoms with Crippen LogP contribution in [0.5, 0.6) is 0 Å². The third kappa shape index (κ3) is 5.22. The van der Waals surface area contributed by atoms with Crippen LogP contribution in [0, 0.1) is 0 Å². The quantitative estimate of drug-likeness (QED) is 0.709. The smallest absolute Gasteiger partial charge is 0.0900 e. The lowest BCUT2D eigenvalue weighted by molar-refractivity contribution is 0.0170. The molecule has 0 spiro atoms. The number of ether oxygens (including phenoxy) is 1. The Morgan fingerprint density at radius 1 is 1.17 bits per heavy atom. The van der Waals surface area contributed by atoms with E-state index < -0.39 is 0 Å². The molecule has 0 aromatic heterocycles. The average molecular weight is 258 g/mol. The summed E-state index contributed by atoms with van der Waals surface area (Å²) in [4.78, 5) is 4.96. The summed E-state index contributed by atoms with van der Waals surface area (Å²) >= 11 is 0. The van der Waals surface area contributed by atoms with Gasteiger partial charge in [-0.05, 0) is 12.8 Å². The van der Waals surface area contributed by atoms with Crippen LogP contribution in [0.1, 0.15) is 33.1 Å². The SMILES string of the molecule is CCCC(CC)N1CCN(CC(O)COC)CC1. The third-order valence-electron chi connectivity index (χ3n) is 3.84. The minimum Gasteiger partial charge on any atom is -0.389 e. The lowest BCUT2D eigenvalue weighted by Crippen LogP contribution is -2.52. The summed E-state index contributed by atoms with van der Waals surface area (Å²) in [5.41, 5.74) is 0. The van der Waals surface area contributed by atoms with Gasteiger partial charge in [0.25, 0.3) is 0 Å². The van der Waals surface area contributed by atoms with Gasteiger partial charge in [-0.15, -0.1) is 0 Å². The molecule has 0 bridgehead atoms. The highest BCUT2D eigenvalue weighted by atomic mass is 16.5. The van der Waals surface area contributed by atoms with Crippen molar-refractivity contribution in [2.75, 3.05) is 46.4 Å². The van der Waals surface area contributed by atoms with Crippen LogP contribution < -0.4 is 0 Å². The molecule has 1 aliphatic heterocycles. The predicted octanol–water partition coefficient (Wildman–Crippen LogP) is 1.19. The minimum atomic E-state index is -0.348. The monoisotopic (exact) mass is 258 g/mol. The first kappa shape index (κ1) is 15.9. The molecule has 2 atom stereocenters. The van der Waals surface area contributed by atoms with E-state index in [-0.39, 0.29) is 6.10 Å². The second-order valence-corrected chi connectivity index (χ2v) is 5.30. The molecule has 1 aliphatic rings. The molecule has 1 fully saturated rings. The Bertz CT molecular complexity index is 206. The van der Waals surface area contributed by atoms with E-state index in [9.17, 15) is 5.11 Å². The van der Waals surface area contributed by atoms with Crippen molar-refractivity contribution >= 4 is 0 Å². The van der Waals surface area contributed by atoms with Gasteiger partial charge in [-0.2, -0.15) is 0 Å². The van der Waals surface area contributed by atoms with Crippen LogP contribution in [0.3, 0.4) is 0 Å².